The van der Waals surface area contributed by atoms with Gasteiger partial charge in [0.15, 0.2) is 0 Å². The zero-order valence-electron chi connectivity index (χ0n) is 39.1. The van der Waals surface area contributed by atoms with Gasteiger partial charge in [-0.3, -0.25) is 39.4 Å². The van der Waals surface area contributed by atoms with Crippen LogP contribution in [0.3, 0.4) is 0 Å². The summed E-state index contributed by atoms with van der Waals surface area (Å²) in [6.07, 6.45) is 2.67. The van der Waals surface area contributed by atoms with Crippen LogP contribution in [-0.2, 0) is 41.9 Å². The van der Waals surface area contributed by atoms with E-state index in [1.165, 1.54) is 35.8 Å². The normalized spacial score (nSPS) is 16.4. The van der Waals surface area contributed by atoms with Crippen LogP contribution in [0.25, 0.3) is 0 Å². The molecular formula is C54H60FN7O6. The Morgan fingerprint density at radius 3 is 1.29 bits per heavy atom. The first-order valence-electron chi connectivity index (χ1n) is 23.4. The molecule has 2 N–H and O–H groups in total. The van der Waals surface area contributed by atoms with E-state index >= 15 is 0 Å². The Hall–Kier alpha value is -7.35. The van der Waals surface area contributed by atoms with Crippen molar-refractivity contribution < 1.29 is 33.2 Å². The van der Waals surface area contributed by atoms with E-state index in [0.717, 1.165) is 41.0 Å². The lowest BCUT2D eigenvalue weighted by molar-refractivity contribution is -0.142. The van der Waals surface area contributed by atoms with Gasteiger partial charge in [-0.05, 0) is 110 Å². The Morgan fingerprint density at radius 2 is 0.941 bits per heavy atom. The number of carbonyl (C=O) groups is 6. The minimum Gasteiger partial charge on any atom is -0.363 e. The molecule has 2 aliphatic heterocycles. The number of imide groups is 2. The third kappa shape index (κ3) is 11.4. The first-order chi connectivity index (χ1) is 32.9. The maximum absolute atomic E-state index is 14.2. The average molecular weight is 922 g/mol. The molecule has 2 fully saturated rings. The van der Waals surface area contributed by atoms with Gasteiger partial charge in [-0.2, -0.15) is 0 Å². The molecule has 7 rings (SSSR count). The second kappa shape index (κ2) is 22.4. The van der Waals surface area contributed by atoms with Crippen LogP contribution in [0.15, 0.2) is 133 Å². The number of benzene rings is 5. The molecule has 2 saturated heterocycles. The summed E-state index contributed by atoms with van der Waals surface area (Å²) in [5, 5.41) is 5.26. The van der Waals surface area contributed by atoms with Crippen LogP contribution >= 0.6 is 0 Å². The first kappa shape index (κ1) is 48.6. The number of hydrogen-bond acceptors (Lipinski definition) is 9. The van der Waals surface area contributed by atoms with E-state index in [4.69, 9.17) is 0 Å². The van der Waals surface area contributed by atoms with Gasteiger partial charge in [0.25, 0.3) is 11.8 Å². The molecule has 5 aromatic carbocycles. The van der Waals surface area contributed by atoms with Crippen molar-refractivity contribution in [2.24, 2.45) is 0 Å². The molecule has 354 valence electrons. The Bertz CT molecular complexity index is 2390. The summed E-state index contributed by atoms with van der Waals surface area (Å²) in [5.41, 5.74) is 5.72. The van der Waals surface area contributed by atoms with Gasteiger partial charge < -0.3 is 24.5 Å². The number of halogens is 1. The molecule has 0 saturated carbocycles. The topological polar surface area (TPSA) is 143 Å². The van der Waals surface area contributed by atoms with Crippen LogP contribution in [0.4, 0.5) is 21.5 Å². The largest absolute Gasteiger partial charge is 0.363 e. The number of nitrogens with zero attached hydrogens (tertiary/aromatic N) is 5. The molecule has 2 aliphatic rings. The van der Waals surface area contributed by atoms with Crippen molar-refractivity contribution in [2.45, 2.75) is 90.6 Å². The van der Waals surface area contributed by atoms with Gasteiger partial charge in [0, 0.05) is 70.2 Å². The highest BCUT2D eigenvalue weighted by Gasteiger charge is 2.37. The molecule has 0 bridgehead atoms. The van der Waals surface area contributed by atoms with Gasteiger partial charge in [0.05, 0.1) is 0 Å². The van der Waals surface area contributed by atoms with Crippen LogP contribution in [0.5, 0.6) is 0 Å². The Balaban J connectivity index is 1.02. The zero-order valence-corrected chi connectivity index (χ0v) is 39.1. The predicted molar refractivity (Wildman–Crippen MR) is 261 cm³/mol. The van der Waals surface area contributed by atoms with Gasteiger partial charge in [0.2, 0.25) is 23.6 Å². The number of anilines is 3. The summed E-state index contributed by atoms with van der Waals surface area (Å²) in [7, 11) is 0. The van der Waals surface area contributed by atoms with Gasteiger partial charge in [-0.15, -0.1) is 0 Å². The fourth-order valence-corrected chi connectivity index (χ4v) is 9.55. The van der Waals surface area contributed by atoms with Crippen LogP contribution in [0, 0.1) is 5.82 Å². The molecular weight excluding hydrogens is 862 g/mol. The Kier molecular flexibility index (Phi) is 16.0. The molecule has 0 aliphatic carbocycles. The lowest BCUT2D eigenvalue weighted by atomic mass is 10.0. The van der Waals surface area contributed by atoms with Crippen molar-refractivity contribution >= 4 is 52.5 Å². The molecule has 0 spiro atoms. The summed E-state index contributed by atoms with van der Waals surface area (Å²) >= 11 is 0. The number of carbonyl (C=O) groups excluding carboxylic acids is 6. The first-order valence-corrected chi connectivity index (χ1v) is 23.4. The van der Waals surface area contributed by atoms with Crippen molar-refractivity contribution in [2.75, 3.05) is 40.9 Å². The monoisotopic (exact) mass is 921 g/mol. The van der Waals surface area contributed by atoms with Crippen LogP contribution in [0.2, 0.25) is 0 Å². The maximum Gasteiger partial charge on any atom is 0.254 e. The van der Waals surface area contributed by atoms with Crippen molar-refractivity contribution in [1.29, 1.82) is 0 Å². The lowest BCUT2D eigenvalue weighted by Gasteiger charge is -2.31. The lowest BCUT2D eigenvalue weighted by Crippen LogP contribution is -2.50. The van der Waals surface area contributed by atoms with Crippen molar-refractivity contribution in [1.82, 2.24) is 20.4 Å². The SMILES string of the molecule is CCN(C(C)=O)[C@@H](C(=O)NC(=O)C1CCCN1c1ccc(CN(Cc2ccc(N3CCCC3C(=O)NC(=O)[C@@H](c3ccccc3)N(CC)C(C)=O)cc2)c2ccc(F)cc2)cc1)c1ccccc1. The Labute approximate surface area is 397 Å². The van der Waals surface area contributed by atoms with E-state index in [2.05, 4.69) is 15.5 Å². The van der Waals surface area contributed by atoms with E-state index in [1.807, 2.05) is 70.5 Å². The highest BCUT2D eigenvalue weighted by atomic mass is 19.1. The van der Waals surface area contributed by atoms with Crippen molar-refractivity contribution in [3.8, 4) is 0 Å². The molecule has 68 heavy (non-hydrogen) atoms. The second-order valence-electron chi connectivity index (χ2n) is 17.3. The quantitative estimate of drug-likeness (QED) is 0.0972. The average Bonchev–Trinajstić information content (AvgIpc) is 4.05. The third-order valence-electron chi connectivity index (χ3n) is 12.9. The fraction of sp³-hybridized carbons (Fsp3) is 0.333. The minimum absolute atomic E-state index is 0.266. The number of nitrogens with one attached hydrogen (secondary N) is 2. The standard InChI is InChI=1S/C54H60FN7O6/c1-5-59(37(3)63)49(41-15-9-7-10-16-41)53(67)56-51(65)47-19-13-33-61(47)45-27-21-39(22-28-45)35-58(44-31-25-43(55)26-32-44)36-40-23-29-46(30-24-40)62-34-14-20-48(62)52(66)57-54(68)50(60(6-2)38(4)64)42-17-11-8-12-18-42/h7-12,15-18,21-32,47-50H,5-6,13-14,19-20,33-36H2,1-4H3,(H,56,65,67)(H,57,66,68)/t47?,48?,49-,50-/m1/s1. The zero-order chi connectivity index (χ0) is 48.3. The van der Waals surface area contributed by atoms with Gasteiger partial charge in [-0.1, -0.05) is 84.9 Å². The van der Waals surface area contributed by atoms with Gasteiger partial charge >= 0.3 is 0 Å². The summed E-state index contributed by atoms with van der Waals surface area (Å²) < 4.78 is 14.2. The maximum atomic E-state index is 14.2. The Morgan fingerprint density at radius 1 is 0.559 bits per heavy atom. The third-order valence-corrected chi connectivity index (χ3v) is 12.9. The van der Waals surface area contributed by atoms with Crippen molar-refractivity contribution in [3.63, 3.8) is 0 Å². The number of rotatable bonds is 17. The van der Waals surface area contributed by atoms with E-state index in [1.54, 1.807) is 74.5 Å². The summed E-state index contributed by atoms with van der Waals surface area (Å²) in [6.45, 7) is 9.28. The van der Waals surface area contributed by atoms with E-state index in [9.17, 15) is 33.2 Å². The predicted octanol–water partition coefficient (Wildman–Crippen LogP) is 7.48. The van der Waals surface area contributed by atoms with E-state index in [0.29, 0.717) is 63.2 Å². The molecule has 4 atom stereocenters. The highest BCUT2D eigenvalue weighted by molar-refractivity contribution is 6.03. The number of hydrogen-bond donors (Lipinski definition) is 2. The highest BCUT2D eigenvalue weighted by Crippen LogP contribution is 2.31. The van der Waals surface area contributed by atoms with Crippen LogP contribution < -0.4 is 25.3 Å². The number of likely N-dealkylation sites (N-methyl/N-ethyl adjacent to an activating group) is 2. The van der Waals surface area contributed by atoms with Gasteiger partial charge in [-0.25, -0.2) is 4.39 Å². The summed E-state index contributed by atoms with van der Waals surface area (Å²) in [6, 6.07) is 37.2. The van der Waals surface area contributed by atoms with E-state index in [-0.39, 0.29) is 17.6 Å². The summed E-state index contributed by atoms with van der Waals surface area (Å²) in [4.78, 5) is 89.1. The van der Waals surface area contributed by atoms with E-state index < -0.39 is 47.8 Å². The molecule has 2 heterocycles. The molecule has 0 radical (unpaired) electrons. The molecule has 6 amide bonds. The molecule has 0 aromatic heterocycles. The smallest absolute Gasteiger partial charge is 0.254 e. The van der Waals surface area contributed by atoms with Gasteiger partial charge in [0.1, 0.15) is 30.0 Å². The van der Waals surface area contributed by atoms with Crippen molar-refractivity contribution in [3.05, 3.63) is 162 Å². The second-order valence-corrected chi connectivity index (χ2v) is 17.3. The molecule has 2 unspecified atom stereocenters. The molecule has 14 heteroatoms. The van der Waals surface area contributed by atoms with Crippen LogP contribution in [-0.4, -0.2) is 83.5 Å². The molecule has 13 nitrogen and oxygen atoms in total. The van der Waals surface area contributed by atoms with Crippen LogP contribution in [0.1, 0.15) is 87.7 Å². The number of amides is 6. The minimum atomic E-state index is -0.944. The fourth-order valence-electron chi connectivity index (χ4n) is 9.55. The summed E-state index contributed by atoms with van der Waals surface area (Å²) in [5.74, 6) is -2.78. The molecule has 5 aromatic rings.